The van der Waals surface area contributed by atoms with Crippen LogP contribution in [0, 0.1) is 11.7 Å². The molecule has 0 spiro atoms. The van der Waals surface area contributed by atoms with Crippen LogP contribution >= 0.6 is 0 Å². The summed E-state index contributed by atoms with van der Waals surface area (Å²) in [6.07, 6.45) is 3.60. The third kappa shape index (κ3) is 5.29. The number of likely N-dealkylation sites (N-methyl/N-ethyl adjacent to an activating group) is 1. The molecule has 0 aromatic heterocycles. The van der Waals surface area contributed by atoms with E-state index in [-0.39, 0.29) is 23.7 Å². The van der Waals surface area contributed by atoms with Gasteiger partial charge in [-0.1, -0.05) is 24.6 Å². The fraction of sp³-hybridized carbons (Fsp3) is 0.611. The van der Waals surface area contributed by atoms with Crippen LogP contribution in [-0.2, 0) is 11.3 Å². The third-order valence-electron chi connectivity index (χ3n) is 4.64. The molecule has 128 valence electrons. The molecule has 1 aromatic rings. The molecule has 1 aliphatic carbocycles. The lowest BCUT2D eigenvalue weighted by molar-refractivity contribution is -0.133. The fourth-order valence-electron chi connectivity index (χ4n) is 3.12. The molecular formula is C18H28FN3O. The Morgan fingerprint density at radius 3 is 2.61 bits per heavy atom. The van der Waals surface area contributed by atoms with Gasteiger partial charge in [0.2, 0.25) is 5.91 Å². The molecule has 0 aliphatic heterocycles. The Kier molecular flexibility index (Phi) is 6.54. The molecule has 1 fully saturated rings. The number of carbonyl (C=O) groups excluding carboxylic acids is 1. The van der Waals surface area contributed by atoms with Gasteiger partial charge in [-0.05, 0) is 38.9 Å². The number of amides is 1. The molecule has 23 heavy (non-hydrogen) atoms. The minimum atomic E-state index is -0.257. The summed E-state index contributed by atoms with van der Waals surface area (Å²) in [4.78, 5) is 16.5. The van der Waals surface area contributed by atoms with Crippen molar-refractivity contribution in [3.8, 4) is 0 Å². The number of benzene rings is 1. The number of hydrogen-bond donors (Lipinski definition) is 1. The van der Waals surface area contributed by atoms with Crippen LogP contribution in [0.15, 0.2) is 24.3 Å². The second kappa shape index (κ2) is 8.41. The molecular weight excluding hydrogens is 293 g/mol. The second-order valence-corrected chi connectivity index (χ2v) is 6.77. The first kappa shape index (κ1) is 17.9. The van der Waals surface area contributed by atoms with Gasteiger partial charge in [-0.25, -0.2) is 4.39 Å². The zero-order valence-corrected chi connectivity index (χ0v) is 14.2. The maximum absolute atomic E-state index is 13.9. The van der Waals surface area contributed by atoms with Crippen molar-refractivity contribution in [2.45, 2.75) is 38.3 Å². The summed E-state index contributed by atoms with van der Waals surface area (Å²) in [6, 6.07) is 6.79. The van der Waals surface area contributed by atoms with Gasteiger partial charge in [-0.15, -0.1) is 0 Å². The summed E-state index contributed by atoms with van der Waals surface area (Å²) < 4.78 is 13.9. The highest BCUT2D eigenvalue weighted by Crippen LogP contribution is 2.27. The van der Waals surface area contributed by atoms with Gasteiger partial charge < -0.3 is 15.5 Å². The largest absolute Gasteiger partial charge is 0.337 e. The van der Waals surface area contributed by atoms with Crippen molar-refractivity contribution in [2.75, 3.05) is 27.2 Å². The van der Waals surface area contributed by atoms with Crippen LogP contribution in [0.1, 0.15) is 31.2 Å². The number of nitrogens with zero attached hydrogens (tertiary/aromatic N) is 2. The van der Waals surface area contributed by atoms with E-state index >= 15 is 0 Å². The van der Waals surface area contributed by atoms with Crippen molar-refractivity contribution in [1.82, 2.24) is 9.80 Å². The molecule has 1 amide bonds. The molecule has 0 bridgehead atoms. The van der Waals surface area contributed by atoms with Crippen molar-refractivity contribution in [3.05, 3.63) is 35.6 Å². The molecule has 0 saturated heterocycles. The summed E-state index contributed by atoms with van der Waals surface area (Å²) in [5.74, 6) is 0.0927. The lowest BCUT2D eigenvalue weighted by Crippen LogP contribution is -2.38. The van der Waals surface area contributed by atoms with E-state index in [1.165, 1.54) is 6.07 Å². The molecule has 0 heterocycles. The molecule has 1 saturated carbocycles. The highest BCUT2D eigenvalue weighted by Gasteiger charge is 2.28. The van der Waals surface area contributed by atoms with E-state index in [1.54, 1.807) is 23.1 Å². The van der Waals surface area contributed by atoms with Crippen molar-refractivity contribution >= 4 is 5.91 Å². The smallest absolute Gasteiger partial charge is 0.223 e. The lowest BCUT2D eigenvalue weighted by atomic mass is 9.99. The number of halogens is 1. The van der Waals surface area contributed by atoms with E-state index < -0.39 is 0 Å². The number of hydrogen-bond acceptors (Lipinski definition) is 3. The fourth-order valence-corrected chi connectivity index (χ4v) is 3.12. The Morgan fingerprint density at radius 1 is 1.26 bits per heavy atom. The average molecular weight is 321 g/mol. The van der Waals surface area contributed by atoms with Crippen molar-refractivity contribution in [2.24, 2.45) is 11.7 Å². The molecule has 2 atom stereocenters. The van der Waals surface area contributed by atoms with Crippen LogP contribution in [0.3, 0.4) is 0 Å². The summed E-state index contributed by atoms with van der Waals surface area (Å²) in [5.41, 5.74) is 6.65. The van der Waals surface area contributed by atoms with E-state index in [0.717, 1.165) is 25.8 Å². The summed E-state index contributed by atoms with van der Waals surface area (Å²) >= 11 is 0. The summed E-state index contributed by atoms with van der Waals surface area (Å²) in [5, 5.41) is 0. The molecule has 0 unspecified atom stereocenters. The van der Waals surface area contributed by atoms with Crippen LogP contribution in [-0.4, -0.2) is 48.9 Å². The Bertz CT molecular complexity index is 521. The Balaban J connectivity index is 2.03. The van der Waals surface area contributed by atoms with E-state index in [0.29, 0.717) is 25.1 Å². The van der Waals surface area contributed by atoms with Crippen molar-refractivity contribution in [1.29, 1.82) is 0 Å². The molecule has 1 aliphatic rings. The van der Waals surface area contributed by atoms with Gasteiger partial charge in [0, 0.05) is 37.7 Å². The second-order valence-electron chi connectivity index (χ2n) is 6.77. The van der Waals surface area contributed by atoms with Gasteiger partial charge in [-0.3, -0.25) is 4.79 Å². The van der Waals surface area contributed by atoms with Gasteiger partial charge in [0.1, 0.15) is 5.82 Å². The van der Waals surface area contributed by atoms with E-state index in [1.807, 2.05) is 19.0 Å². The SMILES string of the molecule is CN(C)CCN(Cc1ccccc1F)C(=O)C[C@@H]1CCC[C@H]1N. The quantitative estimate of drug-likeness (QED) is 0.838. The minimum Gasteiger partial charge on any atom is -0.337 e. The number of nitrogens with two attached hydrogens (primary N) is 1. The van der Waals surface area contributed by atoms with Crippen LogP contribution < -0.4 is 5.73 Å². The maximum Gasteiger partial charge on any atom is 0.223 e. The molecule has 0 radical (unpaired) electrons. The predicted molar refractivity (Wildman–Crippen MR) is 90.3 cm³/mol. The van der Waals surface area contributed by atoms with E-state index in [2.05, 4.69) is 0 Å². The van der Waals surface area contributed by atoms with Gasteiger partial charge in [-0.2, -0.15) is 0 Å². The molecule has 5 heteroatoms. The van der Waals surface area contributed by atoms with E-state index in [9.17, 15) is 9.18 Å². The molecule has 2 rings (SSSR count). The summed E-state index contributed by atoms with van der Waals surface area (Å²) in [7, 11) is 3.94. The Labute approximate surface area is 138 Å². The van der Waals surface area contributed by atoms with Gasteiger partial charge in [0.15, 0.2) is 0 Å². The minimum absolute atomic E-state index is 0.0810. The first-order valence-corrected chi connectivity index (χ1v) is 8.39. The van der Waals surface area contributed by atoms with Crippen molar-refractivity contribution in [3.63, 3.8) is 0 Å². The van der Waals surface area contributed by atoms with Crippen molar-refractivity contribution < 1.29 is 9.18 Å². The zero-order chi connectivity index (χ0) is 16.8. The normalized spacial score (nSPS) is 20.9. The van der Waals surface area contributed by atoms with Gasteiger partial charge in [0.25, 0.3) is 0 Å². The maximum atomic E-state index is 13.9. The van der Waals surface area contributed by atoms with Crippen LogP contribution in [0.25, 0.3) is 0 Å². The zero-order valence-electron chi connectivity index (χ0n) is 14.2. The first-order valence-electron chi connectivity index (χ1n) is 8.39. The monoisotopic (exact) mass is 321 g/mol. The van der Waals surface area contributed by atoms with Crippen LogP contribution in [0.5, 0.6) is 0 Å². The number of rotatable bonds is 7. The predicted octanol–water partition coefficient (Wildman–Crippen LogP) is 2.23. The average Bonchev–Trinajstić information content (AvgIpc) is 2.90. The topological polar surface area (TPSA) is 49.6 Å². The summed E-state index contributed by atoms with van der Waals surface area (Å²) in [6.45, 7) is 1.68. The highest BCUT2D eigenvalue weighted by atomic mass is 19.1. The Morgan fingerprint density at radius 2 is 2.00 bits per heavy atom. The van der Waals surface area contributed by atoms with E-state index in [4.69, 9.17) is 5.73 Å². The Hall–Kier alpha value is -1.46. The standard InChI is InChI=1S/C18H28FN3O/c1-21(2)10-11-22(13-15-6-3-4-8-16(15)19)18(23)12-14-7-5-9-17(14)20/h3-4,6,8,14,17H,5,7,9-13,20H2,1-2H3/t14-,17+/m0/s1. The van der Waals surface area contributed by atoms with Gasteiger partial charge in [0.05, 0.1) is 0 Å². The first-order chi connectivity index (χ1) is 11.0. The van der Waals surface area contributed by atoms with Gasteiger partial charge >= 0.3 is 0 Å². The highest BCUT2D eigenvalue weighted by molar-refractivity contribution is 5.76. The molecule has 2 N–H and O–H groups in total. The molecule has 1 aromatic carbocycles. The van der Waals surface area contributed by atoms with Crippen LogP contribution in [0.4, 0.5) is 4.39 Å². The van der Waals surface area contributed by atoms with Crippen LogP contribution in [0.2, 0.25) is 0 Å². The molecule has 4 nitrogen and oxygen atoms in total. The lowest BCUT2D eigenvalue weighted by Gasteiger charge is -2.27. The third-order valence-corrected chi connectivity index (χ3v) is 4.64. The number of carbonyl (C=O) groups is 1.